The summed E-state index contributed by atoms with van der Waals surface area (Å²) < 4.78 is 4.97. The lowest BCUT2D eigenvalue weighted by Gasteiger charge is -2.41. The number of amides is 1. The van der Waals surface area contributed by atoms with Crippen LogP contribution < -0.4 is 0 Å². The van der Waals surface area contributed by atoms with Crippen molar-refractivity contribution in [2.75, 3.05) is 13.7 Å². The maximum atomic E-state index is 11.5. The predicted octanol–water partition coefficient (Wildman–Crippen LogP) is 1.77. The molecule has 1 aromatic heterocycles. The Morgan fingerprint density at radius 2 is 2.40 bits per heavy atom. The van der Waals surface area contributed by atoms with Crippen molar-refractivity contribution in [3.05, 3.63) is 30.1 Å². The summed E-state index contributed by atoms with van der Waals surface area (Å²) in [7, 11) is 1.76. The van der Waals surface area contributed by atoms with Crippen LogP contribution in [0.25, 0.3) is 0 Å². The topological polar surface area (TPSA) is 42.4 Å². The molecule has 0 bridgehead atoms. The molecule has 0 aliphatic carbocycles. The van der Waals surface area contributed by atoms with Crippen molar-refractivity contribution >= 4 is 6.09 Å². The Balaban J connectivity index is 2.37. The Kier molecular flexibility index (Phi) is 2.34. The minimum absolute atomic E-state index is 0.271. The zero-order chi connectivity index (χ0) is 10.9. The summed E-state index contributed by atoms with van der Waals surface area (Å²) >= 11 is 0. The van der Waals surface area contributed by atoms with Gasteiger partial charge in [0.1, 0.15) is 0 Å². The zero-order valence-corrected chi connectivity index (χ0v) is 8.93. The maximum absolute atomic E-state index is 11.5. The molecule has 1 amide bonds. The van der Waals surface area contributed by atoms with Crippen LogP contribution in [0.3, 0.4) is 0 Å². The number of aromatic nitrogens is 1. The molecule has 15 heavy (non-hydrogen) atoms. The summed E-state index contributed by atoms with van der Waals surface area (Å²) in [6.45, 7) is 2.50. The molecular formula is C11H14N2O2. The normalized spacial score (nSPS) is 26.3. The third-order valence-corrected chi connectivity index (χ3v) is 3.11. The second-order valence-electron chi connectivity index (χ2n) is 3.94. The van der Waals surface area contributed by atoms with E-state index in [1.54, 1.807) is 24.3 Å². The van der Waals surface area contributed by atoms with Gasteiger partial charge in [0.25, 0.3) is 0 Å². The van der Waals surface area contributed by atoms with Gasteiger partial charge in [-0.2, -0.15) is 0 Å². The first kappa shape index (κ1) is 9.96. The molecule has 2 heterocycles. The number of carbonyl (C=O) groups excluding carboxylic acids is 1. The first-order chi connectivity index (χ1) is 7.14. The van der Waals surface area contributed by atoms with E-state index in [0.717, 1.165) is 12.0 Å². The number of carbonyl (C=O) groups is 1. The minimum atomic E-state index is -0.302. The first-order valence-electron chi connectivity index (χ1n) is 4.96. The summed E-state index contributed by atoms with van der Waals surface area (Å²) in [5.41, 5.74) is 0.744. The molecule has 2 rings (SSSR count). The van der Waals surface area contributed by atoms with Gasteiger partial charge in [-0.05, 0) is 18.6 Å². The number of hydrogen-bond donors (Lipinski definition) is 0. The molecule has 4 heteroatoms. The number of pyridine rings is 1. The third-order valence-electron chi connectivity index (χ3n) is 3.11. The van der Waals surface area contributed by atoms with E-state index in [0.29, 0.717) is 6.61 Å². The number of hydrogen-bond acceptors (Lipinski definition) is 3. The van der Waals surface area contributed by atoms with E-state index in [1.807, 2.05) is 19.1 Å². The lowest BCUT2D eigenvalue weighted by atomic mass is 9.88. The van der Waals surface area contributed by atoms with Crippen LogP contribution >= 0.6 is 0 Å². The van der Waals surface area contributed by atoms with E-state index >= 15 is 0 Å². The molecule has 1 saturated heterocycles. The lowest BCUT2D eigenvalue weighted by Crippen LogP contribution is -2.49. The highest BCUT2D eigenvalue weighted by molar-refractivity contribution is 5.69. The summed E-state index contributed by atoms with van der Waals surface area (Å²) in [5.74, 6) is 0. The van der Waals surface area contributed by atoms with Gasteiger partial charge in [-0.25, -0.2) is 4.79 Å². The molecule has 1 fully saturated rings. The van der Waals surface area contributed by atoms with E-state index in [9.17, 15) is 4.79 Å². The molecule has 0 N–H and O–H groups in total. The predicted molar refractivity (Wildman–Crippen MR) is 55.3 cm³/mol. The second-order valence-corrected chi connectivity index (χ2v) is 3.94. The van der Waals surface area contributed by atoms with Crippen LogP contribution in [0.2, 0.25) is 0 Å². The SMILES string of the molecule is CN1C(=O)OCCC1(C)c1cccnc1. The molecular weight excluding hydrogens is 192 g/mol. The molecule has 80 valence electrons. The smallest absolute Gasteiger partial charge is 0.410 e. The molecule has 1 aliphatic heterocycles. The minimum Gasteiger partial charge on any atom is -0.449 e. The first-order valence-corrected chi connectivity index (χ1v) is 4.96. The van der Waals surface area contributed by atoms with E-state index in [-0.39, 0.29) is 11.6 Å². The zero-order valence-electron chi connectivity index (χ0n) is 8.93. The van der Waals surface area contributed by atoms with Crippen molar-refractivity contribution in [1.82, 2.24) is 9.88 Å². The maximum Gasteiger partial charge on any atom is 0.410 e. The van der Waals surface area contributed by atoms with E-state index < -0.39 is 0 Å². The van der Waals surface area contributed by atoms with Gasteiger partial charge >= 0.3 is 6.09 Å². The average Bonchev–Trinajstić information content (AvgIpc) is 2.27. The van der Waals surface area contributed by atoms with Crippen molar-refractivity contribution in [1.29, 1.82) is 0 Å². The van der Waals surface area contributed by atoms with Crippen LogP contribution in [0.5, 0.6) is 0 Å². The molecule has 0 radical (unpaired) electrons. The van der Waals surface area contributed by atoms with E-state index in [2.05, 4.69) is 4.98 Å². The number of nitrogens with zero attached hydrogens (tertiary/aromatic N) is 2. The van der Waals surface area contributed by atoms with Gasteiger partial charge in [-0.1, -0.05) is 6.07 Å². The summed E-state index contributed by atoms with van der Waals surface area (Å²) in [6, 6.07) is 3.87. The summed E-state index contributed by atoms with van der Waals surface area (Å²) in [6.07, 6.45) is 4.05. The van der Waals surface area contributed by atoms with E-state index in [1.165, 1.54) is 0 Å². The van der Waals surface area contributed by atoms with Crippen LogP contribution in [-0.4, -0.2) is 29.6 Å². The van der Waals surface area contributed by atoms with Crippen molar-refractivity contribution in [3.63, 3.8) is 0 Å². The molecule has 1 aromatic rings. The Morgan fingerprint density at radius 3 is 3.07 bits per heavy atom. The standard InChI is InChI=1S/C11H14N2O2/c1-11(9-4-3-6-12-8-9)5-7-15-10(14)13(11)2/h3-4,6,8H,5,7H2,1-2H3. The van der Waals surface area contributed by atoms with Crippen molar-refractivity contribution in [3.8, 4) is 0 Å². The molecule has 1 aliphatic rings. The van der Waals surface area contributed by atoms with Crippen LogP contribution in [0.15, 0.2) is 24.5 Å². The van der Waals surface area contributed by atoms with Crippen molar-refractivity contribution in [2.45, 2.75) is 18.9 Å². The van der Waals surface area contributed by atoms with Crippen LogP contribution in [0.4, 0.5) is 4.79 Å². The molecule has 0 saturated carbocycles. The molecule has 0 aromatic carbocycles. The third kappa shape index (κ3) is 1.56. The van der Waals surface area contributed by atoms with Crippen molar-refractivity contribution < 1.29 is 9.53 Å². The van der Waals surface area contributed by atoms with Gasteiger partial charge < -0.3 is 9.64 Å². The van der Waals surface area contributed by atoms with Gasteiger partial charge in [-0.15, -0.1) is 0 Å². The van der Waals surface area contributed by atoms with Gasteiger partial charge in [0.15, 0.2) is 0 Å². The van der Waals surface area contributed by atoms with Crippen LogP contribution in [0.1, 0.15) is 18.9 Å². The fourth-order valence-corrected chi connectivity index (χ4v) is 1.82. The number of rotatable bonds is 1. The summed E-state index contributed by atoms with van der Waals surface area (Å²) in [4.78, 5) is 17.2. The quantitative estimate of drug-likeness (QED) is 0.703. The van der Waals surface area contributed by atoms with Gasteiger partial charge in [0.05, 0.1) is 12.1 Å². The highest BCUT2D eigenvalue weighted by Gasteiger charge is 2.38. The fourth-order valence-electron chi connectivity index (χ4n) is 1.82. The fraction of sp³-hybridized carbons (Fsp3) is 0.455. The molecule has 1 unspecified atom stereocenters. The van der Waals surface area contributed by atoms with Crippen LogP contribution in [0, 0.1) is 0 Å². The second kappa shape index (κ2) is 3.53. The highest BCUT2D eigenvalue weighted by Crippen LogP contribution is 2.33. The highest BCUT2D eigenvalue weighted by atomic mass is 16.6. The Hall–Kier alpha value is -1.58. The van der Waals surface area contributed by atoms with Gasteiger partial charge in [0.2, 0.25) is 0 Å². The Morgan fingerprint density at radius 1 is 1.60 bits per heavy atom. The summed E-state index contributed by atoms with van der Waals surface area (Å²) in [5, 5.41) is 0. The molecule has 1 atom stereocenters. The van der Waals surface area contributed by atoms with E-state index in [4.69, 9.17) is 4.74 Å². The lowest BCUT2D eigenvalue weighted by molar-refractivity contribution is 0.0145. The van der Waals surface area contributed by atoms with Crippen LogP contribution in [-0.2, 0) is 10.3 Å². The Bertz CT molecular complexity index is 366. The molecule has 4 nitrogen and oxygen atoms in total. The van der Waals surface area contributed by atoms with Gasteiger partial charge in [-0.3, -0.25) is 4.98 Å². The van der Waals surface area contributed by atoms with Crippen molar-refractivity contribution in [2.24, 2.45) is 0 Å². The average molecular weight is 206 g/mol. The monoisotopic (exact) mass is 206 g/mol. The largest absolute Gasteiger partial charge is 0.449 e. The van der Waals surface area contributed by atoms with Gasteiger partial charge in [0, 0.05) is 25.9 Å². The number of ether oxygens (including phenoxy) is 1. The Labute approximate surface area is 88.9 Å². The molecule has 0 spiro atoms. The number of cyclic esters (lactones) is 1.